The average Bonchev–Trinajstić information content (AvgIpc) is 3.05. The molecule has 2 aromatic rings. The van der Waals surface area contributed by atoms with Crippen LogP contribution in [0.4, 0.5) is 11.4 Å². The van der Waals surface area contributed by atoms with Gasteiger partial charge in [0.15, 0.2) is 0 Å². The van der Waals surface area contributed by atoms with Crippen molar-refractivity contribution in [1.82, 2.24) is 4.90 Å². The van der Waals surface area contributed by atoms with Crippen molar-refractivity contribution < 1.29 is 13.2 Å². The van der Waals surface area contributed by atoms with Crippen molar-refractivity contribution >= 4 is 27.3 Å². The minimum Gasteiger partial charge on any atom is -0.378 e. The van der Waals surface area contributed by atoms with Crippen LogP contribution in [0.15, 0.2) is 42.5 Å². The number of rotatable bonds is 5. The van der Waals surface area contributed by atoms with E-state index in [0.717, 1.165) is 16.8 Å². The van der Waals surface area contributed by atoms with Gasteiger partial charge in [0, 0.05) is 45.5 Å². The second kappa shape index (κ2) is 7.23. The quantitative estimate of drug-likeness (QED) is 0.790. The summed E-state index contributed by atoms with van der Waals surface area (Å²) in [4.78, 5) is 16.5. The van der Waals surface area contributed by atoms with E-state index in [1.807, 2.05) is 49.3 Å². The van der Waals surface area contributed by atoms with Crippen molar-refractivity contribution in [2.45, 2.75) is 13.0 Å². The fourth-order valence-corrected chi connectivity index (χ4v) is 4.27. The Balaban J connectivity index is 1.74. The normalized spacial score (nSPS) is 13.4. The van der Waals surface area contributed by atoms with Gasteiger partial charge in [-0.1, -0.05) is 12.1 Å². The summed E-state index contributed by atoms with van der Waals surface area (Å²) < 4.78 is 25.1. The molecule has 0 atom stereocenters. The topological polar surface area (TPSA) is 60.9 Å². The molecule has 0 aromatic heterocycles. The molecule has 7 heteroatoms. The zero-order chi connectivity index (χ0) is 19.8. The third kappa shape index (κ3) is 4.08. The van der Waals surface area contributed by atoms with Gasteiger partial charge < -0.3 is 9.80 Å². The van der Waals surface area contributed by atoms with E-state index < -0.39 is 10.0 Å². The fraction of sp³-hybridized carbons (Fsp3) is 0.350. The molecule has 1 aliphatic rings. The van der Waals surface area contributed by atoms with E-state index in [4.69, 9.17) is 0 Å². The summed E-state index contributed by atoms with van der Waals surface area (Å²) in [6.07, 6.45) is 1.83. The predicted octanol–water partition coefficient (Wildman–Crippen LogP) is 2.35. The first-order chi connectivity index (χ1) is 12.7. The Bertz CT molecular complexity index is 953. The Kier molecular flexibility index (Phi) is 5.15. The third-order valence-corrected chi connectivity index (χ3v) is 5.98. The molecule has 1 aliphatic heterocycles. The minimum atomic E-state index is -3.28. The summed E-state index contributed by atoms with van der Waals surface area (Å²) in [7, 11) is 2.47. The highest BCUT2D eigenvalue weighted by Gasteiger charge is 2.27. The van der Waals surface area contributed by atoms with E-state index in [1.54, 1.807) is 24.1 Å². The number of fused-ring (bicyclic) bond motifs is 1. The highest BCUT2D eigenvalue weighted by atomic mass is 32.2. The van der Waals surface area contributed by atoms with E-state index >= 15 is 0 Å². The van der Waals surface area contributed by atoms with Gasteiger partial charge >= 0.3 is 0 Å². The predicted molar refractivity (Wildman–Crippen MR) is 109 cm³/mol. The van der Waals surface area contributed by atoms with Crippen LogP contribution < -0.4 is 9.21 Å². The Hall–Kier alpha value is -2.54. The van der Waals surface area contributed by atoms with Gasteiger partial charge in [-0.05, 0) is 47.9 Å². The van der Waals surface area contributed by atoms with E-state index in [1.165, 1.54) is 10.6 Å². The van der Waals surface area contributed by atoms with Crippen LogP contribution >= 0.6 is 0 Å². The number of anilines is 2. The number of carbonyl (C=O) groups is 1. The molecule has 144 valence electrons. The smallest absolute Gasteiger partial charge is 0.253 e. The average molecular weight is 388 g/mol. The lowest BCUT2D eigenvalue weighted by molar-refractivity contribution is 0.0785. The first-order valence-corrected chi connectivity index (χ1v) is 10.6. The molecule has 1 amide bonds. The van der Waals surface area contributed by atoms with Crippen molar-refractivity contribution in [2.75, 3.05) is 43.1 Å². The third-order valence-electron chi connectivity index (χ3n) is 4.80. The highest BCUT2D eigenvalue weighted by molar-refractivity contribution is 7.92. The van der Waals surface area contributed by atoms with Gasteiger partial charge in [-0.25, -0.2) is 8.42 Å². The zero-order valence-corrected chi connectivity index (χ0v) is 17.0. The van der Waals surface area contributed by atoms with Gasteiger partial charge in [-0.3, -0.25) is 9.10 Å². The summed E-state index contributed by atoms with van der Waals surface area (Å²) in [6, 6.07) is 13.4. The molecule has 0 fully saturated rings. The molecule has 0 aliphatic carbocycles. The first-order valence-electron chi connectivity index (χ1n) is 8.79. The first kappa shape index (κ1) is 19.2. The number of sulfonamides is 1. The summed E-state index contributed by atoms with van der Waals surface area (Å²) in [6.45, 7) is 0.943. The van der Waals surface area contributed by atoms with E-state index in [0.29, 0.717) is 30.8 Å². The van der Waals surface area contributed by atoms with Gasteiger partial charge in [0.2, 0.25) is 10.0 Å². The standard InChI is InChI=1S/C20H25N3O3S/c1-21(2)18-8-5-15(6-9-18)14-22(3)20(24)17-7-10-19-16(13-17)11-12-23(19)27(4,25)26/h5-10,13H,11-12,14H2,1-4H3. The molecule has 3 rings (SSSR count). The number of benzene rings is 2. The number of hydrogen-bond acceptors (Lipinski definition) is 4. The lowest BCUT2D eigenvalue weighted by Crippen LogP contribution is -2.28. The van der Waals surface area contributed by atoms with Crippen LogP contribution in [-0.2, 0) is 23.0 Å². The van der Waals surface area contributed by atoms with Gasteiger partial charge in [-0.15, -0.1) is 0 Å². The maximum atomic E-state index is 12.8. The Labute approximate surface area is 161 Å². The summed E-state index contributed by atoms with van der Waals surface area (Å²) in [5.41, 5.74) is 4.32. The van der Waals surface area contributed by atoms with Crippen molar-refractivity contribution in [3.63, 3.8) is 0 Å². The van der Waals surface area contributed by atoms with Crippen LogP contribution in [0.25, 0.3) is 0 Å². The van der Waals surface area contributed by atoms with Crippen molar-refractivity contribution in [3.05, 3.63) is 59.2 Å². The molecule has 1 heterocycles. The molecule has 0 N–H and O–H groups in total. The molecule has 0 radical (unpaired) electrons. The lowest BCUT2D eigenvalue weighted by Gasteiger charge is -2.20. The zero-order valence-electron chi connectivity index (χ0n) is 16.1. The van der Waals surface area contributed by atoms with Crippen molar-refractivity contribution in [1.29, 1.82) is 0 Å². The molecular formula is C20H25N3O3S. The summed E-state index contributed by atoms with van der Waals surface area (Å²) >= 11 is 0. The fourth-order valence-electron chi connectivity index (χ4n) is 3.31. The van der Waals surface area contributed by atoms with Crippen molar-refractivity contribution in [3.8, 4) is 0 Å². The van der Waals surface area contributed by atoms with Crippen LogP contribution in [0.1, 0.15) is 21.5 Å². The molecule has 0 unspecified atom stereocenters. The Morgan fingerprint density at radius 2 is 1.74 bits per heavy atom. The van der Waals surface area contributed by atoms with Crippen molar-refractivity contribution in [2.24, 2.45) is 0 Å². The van der Waals surface area contributed by atoms with Gasteiger partial charge in [0.1, 0.15) is 0 Å². The van der Waals surface area contributed by atoms with Crippen LogP contribution in [0.3, 0.4) is 0 Å². The second-order valence-electron chi connectivity index (χ2n) is 7.15. The van der Waals surface area contributed by atoms with E-state index in [9.17, 15) is 13.2 Å². The largest absolute Gasteiger partial charge is 0.378 e. The van der Waals surface area contributed by atoms with Gasteiger partial charge in [-0.2, -0.15) is 0 Å². The monoisotopic (exact) mass is 387 g/mol. The maximum Gasteiger partial charge on any atom is 0.253 e. The Morgan fingerprint density at radius 3 is 2.33 bits per heavy atom. The van der Waals surface area contributed by atoms with Crippen LogP contribution in [0.2, 0.25) is 0 Å². The summed E-state index contributed by atoms with van der Waals surface area (Å²) in [5, 5.41) is 0. The molecule has 0 saturated carbocycles. The number of carbonyl (C=O) groups excluding carboxylic acids is 1. The molecule has 27 heavy (non-hydrogen) atoms. The molecule has 2 aromatic carbocycles. The van der Waals surface area contributed by atoms with Gasteiger partial charge in [0.05, 0.1) is 11.9 Å². The minimum absolute atomic E-state index is 0.0766. The second-order valence-corrected chi connectivity index (χ2v) is 9.06. The Morgan fingerprint density at radius 1 is 1.07 bits per heavy atom. The molecular weight excluding hydrogens is 362 g/mol. The molecule has 0 bridgehead atoms. The molecule has 0 saturated heterocycles. The van der Waals surface area contributed by atoms with E-state index in [-0.39, 0.29) is 5.91 Å². The van der Waals surface area contributed by atoms with Crippen LogP contribution in [-0.4, -0.2) is 53.2 Å². The summed E-state index contributed by atoms with van der Waals surface area (Å²) in [5.74, 6) is -0.0766. The highest BCUT2D eigenvalue weighted by Crippen LogP contribution is 2.31. The SMILES string of the molecule is CN(Cc1ccc(N(C)C)cc1)C(=O)c1ccc2c(c1)CCN2S(C)(=O)=O. The lowest BCUT2D eigenvalue weighted by atomic mass is 10.1. The maximum absolute atomic E-state index is 12.8. The van der Waals surface area contributed by atoms with Crippen LogP contribution in [0.5, 0.6) is 0 Å². The molecule has 0 spiro atoms. The number of amides is 1. The number of hydrogen-bond donors (Lipinski definition) is 0. The van der Waals surface area contributed by atoms with E-state index in [2.05, 4.69) is 0 Å². The van der Waals surface area contributed by atoms with Crippen LogP contribution in [0, 0.1) is 0 Å². The van der Waals surface area contributed by atoms with Gasteiger partial charge in [0.25, 0.3) is 5.91 Å². The molecule has 6 nitrogen and oxygen atoms in total. The number of nitrogens with zero attached hydrogens (tertiary/aromatic N) is 3.